The van der Waals surface area contributed by atoms with Gasteiger partial charge in [-0.05, 0) is 24.6 Å². The van der Waals surface area contributed by atoms with Crippen LogP contribution < -0.4 is 5.73 Å². The Hall–Kier alpha value is -1.07. The van der Waals surface area contributed by atoms with E-state index in [4.69, 9.17) is 17.3 Å². The molecule has 4 nitrogen and oxygen atoms in total. The van der Waals surface area contributed by atoms with E-state index >= 15 is 0 Å². The van der Waals surface area contributed by atoms with Gasteiger partial charge in [-0.3, -0.25) is 4.21 Å². The lowest BCUT2D eigenvalue weighted by atomic mass is 10.3. The van der Waals surface area contributed by atoms with E-state index in [9.17, 15) is 4.21 Å². The molecule has 1 aromatic carbocycles. The molecule has 1 aromatic heterocycles. The second kappa shape index (κ2) is 5.06. The van der Waals surface area contributed by atoms with E-state index < -0.39 is 10.8 Å². The van der Waals surface area contributed by atoms with Crippen LogP contribution in [0.3, 0.4) is 0 Å². The van der Waals surface area contributed by atoms with Crippen LogP contribution in [-0.2, 0) is 17.3 Å². The normalized spacial score (nSPS) is 13.1. The summed E-state index contributed by atoms with van der Waals surface area (Å²) in [6, 6.07) is 5.49. The Labute approximate surface area is 107 Å². The van der Waals surface area contributed by atoms with Crippen molar-refractivity contribution in [3.05, 3.63) is 23.2 Å². The van der Waals surface area contributed by atoms with Crippen LogP contribution in [0.15, 0.2) is 18.2 Å². The number of hydrogen-bond acceptors (Lipinski definition) is 3. The minimum Gasteiger partial charge on any atom is -0.369 e. The summed E-state index contributed by atoms with van der Waals surface area (Å²) in [7, 11) is -0.772. The molecule has 0 aliphatic heterocycles. The highest BCUT2D eigenvalue weighted by atomic mass is 35.5. The molecule has 6 heteroatoms. The van der Waals surface area contributed by atoms with Crippen molar-refractivity contribution < 1.29 is 4.21 Å². The Balaban J connectivity index is 2.28. The standard InChI is InChI=1S/C11H14ClN3OS/c1-17(16)6-2-5-15-10-7-8(12)3-4-9(10)14-11(15)13/h3-4,7H,2,5-6H2,1H3,(H2,13,14). The van der Waals surface area contributed by atoms with Crippen molar-refractivity contribution >= 4 is 39.4 Å². The number of rotatable bonds is 4. The van der Waals surface area contributed by atoms with Crippen LogP contribution in [0, 0.1) is 0 Å². The zero-order valence-corrected chi connectivity index (χ0v) is 11.1. The van der Waals surface area contributed by atoms with Crippen molar-refractivity contribution in [2.45, 2.75) is 13.0 Å². The second-order valence-electron chi connectivity index (χ2n) is 3.89. The van der Waals surface area contributed by atoms with E-state index in [0.29, 0.717) is 23.3 Å². The average Bonchev–Trinajstić information content (AvgIpc) is 2.55. The molecule has 1 atom stereocenters. The third-order valence-corrected chi connectivity index (χ3v) is 3.65. The maximum Gasteiger partial charge on any atom is 0.201 e. The van der Waals surface area contributed by atoms with Crippen molar-refractivity contribution in [2.75, 3.05) is 17.7 Å². The molecule has 0 aliphatic carbocycles. The van der Waals surface area contributed by atoms with Crippen LogP contribution in [0.4, 0.5) is 5.95 Å². The van der Waals surface area contributed by atoms with Gasteiger partial charge in [0.15, 0.2) is 0 Å². The van der Waals surface area contributed by atoms with Gasteiger partial charge in [0, 0.05) is 34.4 Å². The molecule has 17 heavy (non-hydrogen) atoms. The van der Waals surface area contributed by atoms with Crippen LogP contribution in [0.2, 0.25) is 5.02 Å². The van der Waals surface area contributed by atoms with Crippen LogP contribution in [0.5, 0.6) is 0 Å². The highest BCUT2D eigenvalue weighted by Gasteiger charge is 2.08. The topological polar surface area (TPSA) is 60.9 Å². The number of hydrogen-bond donors (Lipinski definition) is 1. The fourth-order valence-corrected chi connectivity index (χ4v) is 2.48. The Morgan fingerprint density at radius 2 is 2.29 bits per heavy atom. The molecule has 0 aliphatic rings. The first-order valence-electron chi connectivity index (χ1n) is 5.29. The molecule has 92 valence electrons. The Morgan fingerprint density at radius 3 is 3.00 bits per heavy atom. The molecule has 0 fully saturated rings. The van der Waals surface area contributed by atoms with E-state index in [1.54, 1.807) is 12.3 Å². The number of aryl methyl sites for hydroxylation is 1. The quantitative estimate of drug-likeness (QED) is 0.926. The molecule has 2 aromatic rings. The molecule has 1 heterocycles. The summed E-state index contributed by atoms with van der Waals surface area (Å²) in [4.78, 5) is 4.26. The zero-order valence-electron chi connectivity index (χ0n) is 9.52. The van der Waals surface area contributed by atoms with Gasteiger partial charge in [0.2, 0.25) is 5.95 Å². The minimum absolute atomic E-state index is 0.476. The lowest BCUT2D eigenvalue weighted by Crippen LogP contribution is -2.06. The molecular weight excluding hydrogens is 258 g/mol. The van der Waals surface area contributed by atoms with Crippen LogP contribution in [0.25, 0.3) is 11.0 Å². The zero-order chi connectivity index (χ0) is 12.4. The highest BCUT2D eigenvalue weighted by Crippen LogP contribution is 2.22. The van der Waals surface area contributed by atoms with Crippen molar-refractivity contribution in [1.29, 1.82) is 0 Å². The third kappa shape index (κ3) is 2.79. The van der Waals surface area contributed by atoms with Crippen LogP contribution in [0.1, 0.15) is 6.42 Å². The predicted octanol–water partition coefficient (Wildman–Crippen LogP) is 2.04. The first-order chi connectivity index (χ1) is 8.08. The first kappa shape index (κ1) is 12.4. The number of aromatic nitrogens is 2. The number of fused-ring (bicyclic) bond motifs is 1. The number of benzene rings is 1. The number of nitrogens with zero attached hydrogens (tertiary/aromatic N) is 2. The van der Waals surface area contributed by atoms with Gasteiger partial charge in [-0.2, -0.15) is 0 Å². The van der Waals surface area contributed by atoms with Crippen LogP contribution >= 0.6 is 11.6 Å². The van der Waals surface area contributed by atoms with Gasteiger partial charge in [-0.1, -0.05) is 11.6 Å². The van der Waals surface area contributed by atoms with Gasteiger partial charge in [0.05, 0.1) is 11.0 Å². The summed E-state index contributed by atoms with van der Waals surface area (Å²) in [6.07, 6.45) is 2.51. The molecule has 2 rings (SSSR count). The van der Waals surface area contributed by atoms with Crippen molar-refractivity contribution in [3.8, 4) is 0 Å². The lowest BCUT2D eigenvalue weighted by Gasteiger charge is -2.05. The third-order valence-electron chi connectivity index (χ3n) is 2.55. The second-order valence-corrected chi connectivity index (χ2v) is 5.88. The Morgan fingerprint density at radius 1 is 1.53 bits per heavy atom. The van der Waals surface area contributed by atoms with Gasteiger partial charge < -0.3 is 10.3 Å². The monoisotopic (exact) mass is 271 g/mol. The van der Waals surface area contributed by atoms with Gasteiger partial charge in [0.25, 0.3) is 0 Å². The van der Waals surface area contributed by atoms with E-state index in [1.165, 1.54) is 0 Å². The Kier molecular flexibility index (Phi) is 3.69. The summed E-state index contributed by atoms with van der Waals surface area (Å²) in [5.74, 6) is 1.14. The molecule has 2 N–H and O–H groups in total. The SMILES string of the molecule is CS(=O)CCCn1c(N)nc2ccc(Cl)cc21. The average molecular weight is 272 g/mol. The van der Waals surface area contributed by atoms with Crippen molar-refractivity contribution in [1.82, 2.24) is 9.55 Å². The Bertz CT molecular complexity index is 567. The fourth-order valence-electron chi connectivity index (χ4n) is 1.78. The van der Waals surface area contributed by atoms with Gasteiger partial charge >= 0.3 is 0 Å². The largest absolute Gasteiger partial charge is 0.369 e. The summed E-state index contributed by atoms with van der Waals surface area (Å²) in [5, 5.41) is 0.665. The lowest BCUT2D eigenvalue weighted by molar-refractivity contribution is 0.671. The van der Waals surface area contributed by atoms with Gasteiger partial charge in [-0.25, -0.2) is 4.98 Å². The summed E-state index contributed by atoms with van der Waals surface area (Å²) in [5.41, 5.74) is 7.62. The maximum absolute atomic E-state index is 11.0. The minimum atomic E-state index is -0.772. The van der Waals surface area contributed by atoms with Crippen LogP contribution in [-0.4, -0.2) is 25.8 Å². The van der Waals surface area contributed by atoms with E-state index in [1.807, 2.05) is 16.7 Å². The predicted molar refractivity (Wildman–Crippen MR) is 72.7 cm³/mol. The number of halogens is 1. The summed E-state index contributed by atoms with van der Waals surface area (Å²) >= 11 is 5.95. The molecular formula is C11H14ClN3OS. The molecule has 0 spiro atoms. The van der Waals surface area contributed by atoms with Gasteiger partial charge in [0.1, 0.15) is 0 Å². The van der Waals surface area contributed by atoms with E-state index in [2.05, 4.69) is 4.98 Å². The van der Waals surface area contributed by atoms with Crippen molar-refractivity contribution in [3.63, 3.8) is 0 Å². The van der Waals surface area contributed by atoms with Gasteiger partial charge in [-0.15, -0.1) is 0 Å². The smallest absolute Gasteiger partial charge is 0.201 e. The van der Waals surface area contributed by atoms with E-state index in [0.717, 1.165) is 17.5 Å². The molecule has 0 bridgehead atoms. The summed E-state index contributed by atoms with van der Waals surface area (Å²) < 4.78 is 12.9. The molecule has 0 saturated carbocycles. The van der Waals surface area contributed by atoms with E-state index in [-0.39, 0.29) is 0 Å². The molecule has 0 saturated heterocycles. The first-order valence-corrected chi connectivity index (χ1v) is 7.40. The fraction of sp³-hybridized carbons (Fsp3) is 0.364. The van der Waals surface area contributed by atoms with Crippen molar-refractivity contribution in [2.24, 2.45) is 0 Å². The highest BCUT2D eigenvalue weighted by molar-refractivity contribution is 7.84. The molecule has 0 radical (unpaired) electrons. The number of nitrogens with two attached hydrogens (primary N) is 1. The molecule has 0 amide bonds. The summed E-state index contributed by atoms with van der Waals surface area (Å²) in [6.45, 7) is 0.711. The molecule has 1 unspecified atom stereocenters. The number of nitrogen functional groups attached to an aromatic ring is 1. The number of anilines is 1. The maximum atomic E-state index is 11.0. The number of imidazole rings is 1.